The molecule has 0 aromatic heterocycles. The van der Waals surface area contributed by atoms with Crippen molar-refractivity contribution in [3.05, 3.63) is 0 Å². The molecule has 0 spiro atoms. The minimum Gasteiger partial charge on any atom is -0.368 e. The fraction of sp³-hybridized carbons (Fsp3) is 0.938. The van der Waals surface area contributed by atoms with Gasteiger partial charge in [-0.25, -0.2) is 0 Å². The molecule has 0 bridgehead atoms. The van der Waals surface area contributed by atoms with Crippen LogP contribution in [-0.2, 0) is 4.79 Å². The second kappa shape index (κ2) is 6.02. The fourth-order valence-electron chi connectivity index (χ4n) is 3.65. The van der Waals surface area contributed by atoms with Crippen molar-refractivity contribution in [2.75, 3.05) is 26.2 Å². The summed E-state index contributed by atoms with van der Waals surface area (Å²) in [5.41, 5.74) is 5.67. The van der Waals surface area contributed by atoms with Crippen LogP contribution in [0.1, 0.15) is 52.9 Å². The van der Waals surface area contributed by atoms with E-state index >= 15 is 0 Å². The topological polar surface area (TPSA) is 58.4 Å². The summed E-state index contributed by atoms with van der Waals surface area (Å²) >= 11 is 0. The van der Waals surface area contributed by atoms with E-state index in [2.05, 4.69) is 31.0 Å². The Labute approximate surface area is 123 Å². The van der Waals surface area contributed by atoms with Gasteiger partial charge in [-0.05, 0) is 56.5 Å². The number of hydrogen-bond acceptors (Lipinski definition) is 3. The van der Waals surface area contributed by atoms with Crippen LogP contribution in [-0.4, -0.2) is 42.5 Å². The van der Waals surface area contributed by atoms with E-state index in [4.69, 9.17) is 5.73 Å². The highest BCUT2D eigenvalue weighted by molar-refractivity contribution is 5.86. The van der Waals surface area contributed by atoms with Gasteiger partial charge in [0.2, 0.25) is 5.91 Å². The van der Waals surface area contributed by atoms with Gasteiger partial charge in [0.05, 0.1) is 0 Å². The van der Waals surface area contributed by atoms with Crippen molar-refractivity contribution in [2.45, 2.75) is 58.4 Å². The van der Waals surface area contributed by atoms with Gasteiger partial charge in [0, 0.05) is 13.1 Å². The molecule has 0 aromatic rings. The van der Waals surface area contributed by atoms with E-state index in [-0.39, 0.29) is 5.91 Å². The molecule has 2 aliphatic rings. The second-order valence-corrected chi connectivity index (χ2v) is 7.52. The molecule has 1 aliphatic carbocycles. The molecule has 2 fully saturated rings. The first-order valence-corrected chi connectivity index (χ1v) is 8.17. The number of nitrogens with one attached hydrogen (secondary N) is 1. The third kappa shape index (κ3) is 3.53. The van der Waals surface area contributed by atoms with Crippen LogP contribution in [0, 0.1) is 11.3 Å². The van der Waals surface area contributed by atoms with Crippen LogP contribution in [0.5, 0.6) is 0 Å². The van der Waals surface area contributed by atoms with Crippen molar-refractivity contribution >= 4 is 5.91 Å². The normalized spacial score (nSPS) is 26.1. The molecule has 1 amide bonds. The summed E-state index contributed by atoms with van der Waals surface area (Å²) in [6, 6.07) is 0. The zero-order chi connectivity index (χ0) is 14.8. The lowest BCUT2D eigenvalue weighted by Gasteiger charge is -2.43. The number of amides is 1. The minimum absolute atomic E-state index is 0.156. The predicted molar refractivity (Wildman–Crippen MR) is 82.4 cm³/mol. The average Bonchev–Trinajstić information content (AvgIpc) is 3.17. The smallest absolute Gasteiger partial charge is 0.239 e. The van der Waals surface area contributed by atoms with Crippen LogP contribution in [0.25, 0.3) is 0 Å². The highest BCUT2D eigenvalue weighted by atomic mass is 16.1. The van der Waals surface area contributed by atoms with E-state index in [0.717, 1.165) is 45.4 Å². The van der Waals surface area contributed by atoms with Crippen LogP contribution in [0.2, 0.25) is 0 Å². The second-order valence-electron chi connectivity index (χ2n) is 7.52. The van der Waals surface area contributed by atoms with Crippen molar-refractivity contribution in [2.24, 2.45) is 17.1 Å². The maximum Gasteiger partial charge on any atom is 0.239 e. The molecule has 1 heterocycles. The van der Waals surface area contributed by atoms with Gasteiger partial charge >= 0.3 is 0 Å². The van der Waals surface area contributed by atoms with E-state index in [1.54, 1.807) is 0 Å². The number of likely N-dealkylation sites (tertiary alicyclic amines) is 1. The molecular weight excluding hydrogens is 250 g/mol. The Balaban J connectivity index is 2.08. The first-order chi connectivity index (χ1) is 9.39. The number of carbonyl (C=O) groups excluding carboxylic acids is 1. The molecule has 1 aliphatic heterocycles. The van der Waals surface area contributed by atoms with Crippen molar-refractivity contribution in [3.63, 3.8) is 0 Å². The molecule has 116 valence electrons. The maximum absolute atomic E-state index is 12.2. The number of primary amides is 1. The van der Waals surface area contributed by atoms with Gasteiger partial charge in [-0.1, -0.05) is 20.8 Å². The molecule has 0 aromatic carbocycles. The van der Waals surface area contributed by atoms with Gasteiger partial charge in [-0.2, -0.15) is 0 Å². The van der Waals surface area contributed by atoms with Gasteiger partial charge < -0.3 is 16.0 Å². The molecule has 1 saturated heterocycles. The van der Waals surface area contributed by atoms with E-state index < -0.39 is 5.54 Å². The number of nitrogens with two attached hydrogens (primary N) is 1. The standard InChI is InChI=1S/C16H31N3O/c1-4-9-18-16(14(17)20,13-6-7-13)12-19-10-5-8-15(2,3)11-19/h13,18H,4-12H2,1-3H3,(H2,17,20). The van der Waals surface area contributed by atoms with Crippen LogP contribution in [0.4, 0.5) is 0 Å². The molecule has 1 atom stereocenters. The maximum atomic E-state index is 12.2. The summed E-state index contributed by atoms with van der Waals surface area (Å²) in [5.74, 6) is 0.286. The Kier molecular flexibility index (Phi) is 4.75. The lowest BCUT2D eigenvalue weighted by molar-refractivity contribution is -0.126. The highest BCUT2D eigenvalue weighted by Crippen LogP contribution is 2.41. The molecule has 2 rings (SSSR count). The van der Waals surface area contributed by atoms with Crippen molar-refractivity contribution in [3.8, 4) is 0 Å². The number of nitrogens with zero attached hydrogens (tertiary/aromatic N) is 1. The predicted octanol–water partition coefficient (Wildman–Crippen LogP) is 1.74. The Morgan fingerprint density at radius 2 is 2.15 bits per heavy atom. The molecule has 4 heteroatoms. The van der Waals surface area contributed by atoms with Crippen LogP contribution >= 0.6 is 0 Å². The largest absolute Gasteiger partial charge is 0.368 e. The summed E-state index contributed by atoms with van der Waals surface area (Å²) < 4.78 is 0. The number of hydrogen-bond donors (Lipinski definition) is 2. The van der Waals surface area contributed by atoms with Crippen LogP contribution in [0.3, 0.4) is 0 Å². The van der Waals surface area contributed by atoms with Crippen molar-refractivity contribution < 1.29 is 4.79 Å². The van der Waals surface area contributed by atoms with Crippen LogP contribution in [0.15, 0.2) is 0 Å². The van der Waals surface area contributed by atoms with Crippen molar-refractivity contribution in [1.82, 2.24) is 10.2 Å². The first-order valence-electron chi connectivity index (χ1n) is 8.17. The van der Waals surface area contributed by atoms with E-state index in [1.807, 2.05) is 0 Å². The molecule has 1 saturated carbocycles. The zero-order valence-electron chi connectivity index (χ0n) is 13.4. The summed E-state index contributed by atoms with van der Waals surface area (Å²) in [6.45, 7) is 10.6. The molecule has 1 unspecified atom stereocenters. The Morgan fingerprint density at radius 1 is 1.45 bits per heavy atom. The fourth-order valence-corrected chi connectivity index (χ4v) is 3.65. The monoisotopic (exact) mass is 281 g/mol. The number of carbonyl (C=O) groups is 1. The van der Waals surface area contributed by atoms with Gasteiger partial charge in [-0.15, -0.1) is 0 Å². The van der Waals surface area contributed by atoms with Crippen LogP contribution < -0.4 is 11.1 Å². The van der Waals surface area contributed by atoms with E-state index in [9.17, 15) is 4.79 Å². The number of rotatable bonds is 7. The third-order valence-corrected chi connectivity index (χ3v) is 4.86. The number of piperidine rings is 1. The Morgan fingerprint density at radius 3 is 2.65 bits per heavy atom. The Bertz CT molecular complexity index is 352. The first kappa shape index (κ1) is 15.8. The molecule has 20 heavy (non-hydrogen) atoms. The van der Waals surface area contributed by atoms with Gasteiger partial charge in [0.15, 0.2) is 0 Å². The lowest BCUT2D eigenvalue weighted by atomic mass is 9.82. The summed E-state index contributed by atoms with van der Waals surface area (Å²) in [7, 11) is 0. The summed E-state index contributed by atoms with van der Waals surface area (Å²) in [5, 5.41) is 3.50. The molecule has 4 nitrogen and oxygen atoms in total. The quantitative estimate of drug-likeness (QED) is 0.747. The van der Waals surface area contributed by atoms with E-state index in [0.29, 0.717) is 11.3 Å². The van der Waals surface area contributed by atoms with E-state index in [1.165, 1.54) is 12.8 Å². The lowest BCUT2D eigenvalue weighted by Crippen LogP contribution is -2.64. The van der Waals surface area contributed by atoms with Gasteiger partial charge in [-0.3, -0.25) is 4.79 Å². The summed E-state index contributed by atoms with van der Waals surface area (Å²) in [4.78, 5) is 14.6. The van der Waals surface area contributed by atoms with Gasteiger partial charge in [0.25, 0.3) is 0 Å². The summed E-state index contributed by atoms with van der Waals surface area (Å²) in [6.07, 6.45) is 5.81. The van der Waals surface area contributed by atoms with Gasteiger partial charge in [0.1, 0.15) is 5.54 Å². The Hall–Kier alpha value is -0.610. The zero-order valence-corrected chi connectivity index (χ0v) is 13.4. The highest BCUT2D eigenvalue weighted by Gasteiger charge is 2.50. The molecule has 0 radical (unpaired) electrons. The average molecular weight is 281 g/mol. The van der Waals surface area contributed by atoms with Crippen molar-refractivity contribution in [1.29, 1.82) is 0 Å². The third-order valence-electron chi connectivity index (χ3n) is 4.86. The molecule has 3 N–H and O–H groups in total. The SMILES string of the molecule is CCCNC(CN1CCCC(C)(C)C1)(C(N)=O)C1CC1. The minimum atomic E-state index is -0.497. The molecular formula is C16H31N3O.